The van der Waals surface area contributed by atoms with Crippen molar-refractivity contribution >= 4 is 17.3 Å². The predicted molar refractivity (Wildman–Crippen MR) is 114 cm³/mol. The van der Waals surface area contributed by atoms with Crippen LogP contribution in [-0.2, 0) is 12.0 Å². The quantitative estimate of drug-likeness (QED) is 0.330. The Morgan fingerprint density at radius 1 is 1.19 bits per heavy atom. The van der Waals surface area contributed by atoms with Crippen molar-refractivity contribution in [2.24, 2.45) is 4.99 Å². The maximum absolute atomic E-state index is 10.6. The van der Waals surface area contributed by atoms with Crippen molar-refractivity contribution in [3.63, 3.8) is 0 Å². The van der Waals surface area contributed by atoms with E-state index in [1.807, 2.05) is 35.9 Å². The van der Waals surface area contributed by atoms with Gasteiger partial charge in [-0.05, 0) is 73.2 Å². The Morgan fingerprint density at radius 3 is 2.59 bits per heavy atom. The predicted octanol–water partition coefficient (Wildman–Crippen LogP) is 3.54. The minimum Gasteiger partial charge on any atom is -0.497 e. The summed E-state index contributed by atoms with van der Waals surface area (Å²) in [4.78, 5) is 4.55. The summed E-state index contributed by atoms with van der Waals surface area (Å²) < 4.78 is 5.18. The minimum absolute atomic E-state index is 0.324. The number of methoxy groups -OCH3 is 1. The van der Waals surface area contributed by atoms with Crippen molar-refractivity contribution in [1.82, 2.24) is 10.6 Å². The third-order valence-corrected chi connectivity index (χ3v) is 5.06. The number of aryl methyl sites for hydroxylation is 1. The van der Waals surface area contributed by atoms with E-state index in [0.717, 1.165) is 49.6 Å². The Morgan fingerprint density at radius 2 is 1.96 bits per heavy atom. The molecule has 1 unspecified atom stereocenters. The van der Waals surface area contributed by atoms with Crippen molar-refractivity contribution in [3.8, 4) is 5.75 Å². The molecule has 0 fully saturated rings. The number of hydrogen-bond donors (Lipinski definition) is 3. The number of nitrogens with one attached hydrogen (secondary N) is 2. The van der Waals surface area contributed by atoms with Crippen LogP contribution in [0.5, 0.6) is 5.75 Å². The molecular formula is C21H31N3O2S. The first-order chi connectivity index (χ1) is 13.0. The topological polar surface area (TPSA) is 65.9 Å². The van der Waals surface area contributed by atoms with Gasteiger partial charge in [-0.3, -0.25) is 0 Å². The van der Waals surface area contributed by atoms with Gasteiger partial charge in [0.05, 0.1) is 13.7 Å². The first-order valence-electron chi connectivity index (χ1n) is 9.45. The number of benzene rings is 1. The zero-order valence-corrected chi connectivity index (χ0v) is 17.3. The van der Waals surface area contributed by atoms with Gasteiger partial charge in [0.15, 0.2) is 5.96 Å². The summed E-state index contributed by atoms with van der Waals surface area (Å²) in [5.41, 5.74) is 1.28. The molecule has 0 aliphatic carbocycles. The van der Waals surface area contributed by atoms with Crippen LogP contribution in [0.1, 0.15) is 37.8 Å². The molecule has 0 radical (unpaired) electrons. The van der Waals surface area contributed by atoms with Crippen LogP contribution in [0.15, 0.2) is 46.1 Å². The molecule has 2 aromatic rings. The molecule has 0 spiro atoms. The fourth-order valence-electron chi connectivity index (χ4n) is 2.69. The van der Waals surface area contributed by atoms with Crippen LogP contribution in [0.3, 0.4) is 0 Å². The van der Waals surface area contributed by atoms with Crippen molar-refractivity contribution in [2.45, 2.75) is 38.7 Å². The molecule has 1 aromatic heterocycles. The van der Waals surface area contributed by atoms with Gasteiger partial charge < -0.3 is 20.5 Å². The number of thiophene rings is 1. The van der Waals surface area contributed by atoms with Crippen LogP contribution in [0.2, 0.25) is 0 Å². The van der Waals surface area contributed by atoms with E-state index < -0.39 is 5.60 Å². The Labute approximate surface area is 166 Å². The number of ether oxygens (including phenoxy) is 1. The van der Waals surface area contributed by atoms with E-state index in [0.29, 0.717) is 6.54 Å². The van der Waals surface area contributed by atoms with Gasteiger partial charge in [-0.2, -0.15) is 11.3 Å². The average Bonchev–Trinajstić information content (AvgIpc) is 3.22. The summed E-state index contributed by atoms with van der Waals surface area (Å²) in [7, 11) is 1.68. The largest absolute Gasteiger partial charge is 0.497 e. The second-order valence-corrected chi connectivity index (χ2v) is 7.49. The SMILES string of the molecule is CCNC(=NCC(C)(O)c1ccsc1)NCCCCc1ccc(OC)cc1. The summed E-state index contributed by atoms with van der Waals surface area (Å²) in [5.74, 6) is 1.64. The van der Waals surface area contributed by atoms with Crippen molar-refractivity contribution in [1.29, 1.82) is 0 Å². The molecule has 3 N–H and O–H groups in total. The lowest BCUT2D eigenvalue weighted by molar-refractivity contribution is 0.0677. The maximum Gasteiger partial charge on any atom is 0.191 e. The molecule has 1 aromatic carbocycles. The second kappa shape index (κ2) is 10.9. The second-order valence-electron chi connectivity index (χ2n) is 6.71. The number of nitrogens with zero attached hydrogens (tertiary/aromatic N) is 1. The van der Waals surface area contributed by atoms with E-state index in [-0.39, 0.29) is 0 Å². The summed E-state index contributed by atoms with van der Waals surface area (Å²) in [6, 6.07) is 10.2. The van der Waals surface area contributed by atoms with Gasteiger partial charge in [-0.25, -0.2) is 4.99 Å². The first kappa shape index (κ1) is 21.3. The molecule has 1 heterocycles. The molecule has 0 aliphatic heterocycles. The number of rotatable bonds is 10. The van der Waals surface area contributed by atoms with Crippen LogP contribution >= 0.6 is 11.3 Å². The van der Waals surface area contributed by atoms with Crippen LogP contribution in [0.4, 0.5) is 0 Å². The zero-order valence-electron chi connectivity index (χ0n) is 16.5. The van der Waals surface area contributed by atoms with Crippen molar-refractivity contribution in [2.75, 3.05) is 26.7 Å². The highest BCUT2D eigenvalue weighted by atomic mass is 32.1. The molecule has 0 aliphatic rings. The Bertz CT molecular complexity index is 682. The summed E-state index contributed by atoms with van der Waals surface area (Å²) >= 11 is 1.58. The number of aliphatic hydroxyl groups is 1. The minimum atomic E-state index is -0.948. The summed E-state index contributed by atoms with van der Waals surface area (Å²) in [5, 5.41) is 21.1. The maximum atomic E-state index is 10.6. The molecule has 5 nitrogen and oxygen atoms in total. The van der Waals surface area contributed by atoms with E-state index in [2.05, 4.69) is 27.8 Å². The van der Waals surface area contributed by atoms with Gasteiger partial charge in [-0.15, -0.1) is 0 Å². The number of guanidine groups is 1. The molecule has 0 saturated carbocycles. The van der Waals surface area contributed by atoms with Gasteiger partial charge >= 0.3 is 0 Å². The fraction of sp³-hybridized carbons (Fsp3) is 0.476. The van der Waals surface area contributed by atoms with Crippen molar-refractivity contribution < 1.29 is 9.84 Å². The summed E-state index contributed by atoms with van der Waals surface area (Å²) in [6.45, 7) is 5.81. The average molecular weight is 390 g/mol. The Kier molecular flexibility index (Phi) is 8.61. The molecule has 6 heteroatoms. The van der Waals surface area contributed by atoms with Crippen LogP contribution in [-0.4, -0.2) is 37.8 Å². The normalized spacial score (nSPS) is 13.9. The molecule has 1 atom stereocenters. The van der Waals surface area contributed by atoms with E-state index in [1.165, 1.54) is 5.56 Å². The van der Waals surface area contributed by atoms with Gasteiger partial charge in [0.25, 0.3) is 0 Å². The van der Waals surface area contributed by atoms with E-state index in [4.69, 9.17) is 4.74 Å². The first-order valence-corrected chi connectivity index (χ1v) is 10.4. The van der Waals surface area contributed by atoms with Gasteiger partial charge in [0.1, 0.15) is 11.4 Å². The zero-order chi connectivity index (χ0) is 19.5. The van der Waals surface area contributed by atoms with Crippen LogP contribution in [0, 0.1) is 0 Å². The van der Waals surface area contributed by atoms with Gasteiger partial charge in [0, 0.05) is 13.1 Å². The number of hydrogen-bond acceptors (Lipinski definition) is 4. The molecule has 148 valence electrons. The highest BCUT2D eigenvalue weighted by Crippen LogP contribution is 2.23. The standard InChI is InChI=1S/C21H31N3O2S/c1-4-22-20(24-16-21(2,25)18-12-14-27-15-18)23-13-6-5-7-17-8-10-19(26-3)11-9-17/h8-12,14-15,25H,4-7,13,16H2,1-3H3,(H2,22,23,24). The monoisotopic (exact) mass is 389 g/mol. The lowest BCUT2D eigenvalue weighted by Gasteiger charge is -2.21. The lowest BCUT2D eigenvalue weighted by atomic mass is 10.00. The number of aliphatic imine (C=N–C) groups is 1. The third-order valence-electron chi connectivity index (χ3n) is 4.38. The van der Waals surface area contributed by atoms with E-state index in [1.54, 1.807) is 25.4 Å². The lowest BCUT2D eigenvalue weighted by Crippen LogP contribution is -2.39. The molecule has 2 rings (SSSR count). The molecule has 0 saturated heterocycles. The number of unbranched alkanes of at least 4 members (excludes halogenated alkanes) is 1. The molecule has 0 amide bonds. The highest BCUT2D eigenvalue weighted by molar-refractivity contribution is 7.08. The third kappa shape index (κ3) is 7.23. The van der Waals surface area contributed by atoms with E-state index in [9.17, 15) is 5.11 Å². The Hall–Kier alpha value is -2.05. The highest BCUT2D eigenvalue weighted by Gasteiger charge is 2.23. The fourth-order valence-corrected chi connectivity index (χ4v) is 3.47. The van der Waals surface area contributed by atoms with Crippen molar-refractivity contribution in [3.05, 3.63) is 52.2 Å². The summed E-state index contributed by atoms with van der Waals surface area (Å²) in [6.07, 6.45) is 3.20. The van der Waals surface area contributed by atoms with Crippen LogP contribution < -0.4 is 15.4 Å². The molecular weight excluding hydrogens is 358 g/mol. The van der Waals surface area contributed by atoms with Crippen LogP contribution in [0.25, 0.3) is 0 Å². The molecule has 27 heavy (non-hydrogen) atoms. The van der Waals surface area contributed by atoms with E-state index >= 15 is 0 Å². The van der Waals surface area contributed by atoms with Gasteiger partial charge in [0.2, 0.25) is 0 Å². The smallest absolute Gasteiger partial charge is 0.191 e. The Balaban J connectivity index is 1.74. The molecule has 0 bridgehead atoms. The van der Waals surface area contributed by atoms with Gasteiger partial charge in [-0.1, -0.05) is 12.1 Å².